The molecule has 4 saturated carbocycles. The molecule has 4 fully saturated rings. The Labute approximate surface area is 156 Å². The van der Waals surface area contributed by atoms with Gasteiger partial charge in [-0.2, -0.15) is 0 Å². The van der Waals surface area contributed by atoms with Crippen molar-refractivity contribution in [3.8, 4) is 0 Å². The molecule has 1 unspecified atom stereocenters. The molecular formula is C22H32N2O2. The first kappa shape index (κ1) is 18.0. The van der Waals surface area contributed by atoms with Crippen molar-refractivity contribution in [2.24, 2.45) is 29.1 Å². The van der Waals surface area contributed by atoms with E-state index in [2.05, 4.69) is 12.2 Å². The molecule has 1 aromatic carbocycles. The molecule has 4 aliphatic rings. The van der Waals surface area contributed by atoms with Crippen molar-refractivity contribution in [3.63, 3.8) is 0 Å². The largest absolute Gasteiger partial charge is 0.312 e. The summed E-state index contributed by atoms with van der Waals surface area (Å²) in [7, 11) is 0. The number of benzene rings is 1. The van der Waals surface area contributed by atoms with Crippen LogP contribution in [0.25, 0.3) is 0 Å². The van der Waals surface area contributed by atoms with E-state index in [0.717, 1.165) is 36.8 Å². The Balaban J connectivity index is 1.34. The van der Waals surface area contributed by atoms with Crippen LogP contribution in [0.4, 0.5) is 0 Å². The minimum absolute atomic E-state index is 0.461. The summed E-state index contributed by atoms with van der Waals surface area (Å²) in [4.78, 5) is 11.4. The Bertz CT molecular complexity index is 605. The molecule has 0 saturated heterocycles. The van der Waals surface area contributed by atoms with Crippen LogP contribution < -0.4 is 10.8 Å². The molecule has 0 spiro atoms. The normalized spacial score (nSPS) is 33.2. The molecule has 1 aromatic rings. The lowest BCUT2D eigenvalue weighted by atomic mass is 9.46. The van der Waals surface area contributed by atoms with E-state index < -0.39 is 5.91 Å². The first-order valence-corrected chi connectivity index (χ1v) is 10.4. The fourth-order valence-electron chi connectivity index (χ4n) is 6.70. The van der Waals surface area contributed by atoms with E-state index in [9.17, 15) is 4.79 Å². The van der Waals surface area contributed by atoms with E-state index in [1.807, 2.05) is 12.1 Å². The summed E-state index contributed by atoms with van der Waals surface area (Å²) in [6, 6.07) is 7.45. The molecular weight excluding hydrogens is 324 g/mol. The Morgan fingerprint density at radius 1 is 1.12 bits per heavy atom. The van der Waals surface area contributed by atoms with Crippen LogP contribution in [0.5, 0.6) is 0 Å². The predicted molar refractivity (Wildman–Crippen MR) is 102 cm³/mol. The van der Waals surface area contributed by atoms with Crippen molar-refractivity contribution < 1.29 is 10.0 Å². The Morgan fingerprint density at radius 2 is 1.69 bits per heavy atom. The average molecular weight is 357 g/mol. The van der Waals surface area contributed by atoms with Crippen LogP contribution in [0.3, 0.4) is 0 Å². The topological polar surface area (TPSA) is 61.4 Å². The van der Waals surface area contributed by atoms with E-state index in [-0.39, 0.29) is 0 Å². The summed E-state index contributed by atoms with van der Waals surface area (Å²) in [6.45, 7) is 4.30. The van der Waals surface area contributed by atoms with E-state index in [0.29, 0.717) is 11.0 Å². The highest BCUT2D eigenvalue weighted by Crippen LogP contribution is 2.63. The van der Waals surface area contributed by atoms with Gasteiger partial charge in [0.2, 0.25) is 0 Å². The van der Waals surface area contributed by atoms with Gasteiger partial charge < -0.3 is 5.32 Å². The molecule has 0 aliphatic heterocycles. The standard InChI is InChI=1S/C22H32N2O2/c1-2-20(22-10-16-7-17(11-22)9-18(8-16)12-22)14-23-13-15-3-5-19(6-4-15)21(25)24-26/h3-6,16-18,20,23,26H,2,7-14H2,1H3,(H,24,25). The van der Waals surface area contributed by atoms with Crippen LogP contribution in [0.15, 0.2) is 24.3 Å². The van der Waals surface area contributed by atoms with E-state index in [1.165, 1.54) is 50.5 Å². The molecule has 4 nitrogen and oxygen atoms in total. The summed E-state index contributed by atoms with van der Waals surface area (Å²) in [5.41, 5.74) is 3.95. The molecule has 5 rings (SSSR count). The molecule has 26 heavy (non-hydrogen) atoms. The van der Waals surface area contributed by atoms with Crippen molar-refractivity contribution in [2.45, 2.75) is 58.4 Å². The number of hydrogen-bond donors (Lipinski definition) is 3. The second-order valence-corrected chi connectivity index (χ2v) is 9.15. The highest BCUT2D eigenvalue weighted by atomic mass is 16.5. The van der Waals surface area contributed by atoms with Crippen LogP contribution >= 0.6 is 0 Å². The number of hydroxylamine groups is 1. The van der Waals surface area contributed by atoms with Gasteiger partial charge >= 0.3 is 0 Å². The quantitative estimate of drug-likeness (QED) is 0.508. The number of rotatable bonds is 7. The molecule has 4 bridgehead atoms. The first-order chi connectivity index (χ1) is 12.6. The SMILES string of the molecule is CCC(CNCc1ccc(C(=O)NO)cc1)C12CC3CC(CC(C3)C1)C2. The molecule has 3 N–H and O–H groups in total. The fraction of sp³-hybridized carbons (Fsp3) is 0.682. The summed E-state index contributed by atoms with van der Waals surface area (Å²) < 4.78 is 0. The maximum absolute atomic E-state index is 11.4. The van der Waals surface area contributed by atoms with Crippen LogP contribution in [0.1, 0.15) is 67.8 Å². The van der Waals surface area contributed by atoms with Gasteiger partial charge in [-0.1, -0.05) is 25.5 Å². The molecule has 0 radical (unpaired) electrons. The van der Waals surface area contributed by atoms with Crippen LogP contribution in [0, 0.1) is 29.1 Å². The monoisotopic (exact) mass is 356 g/mol. The van der Waals surface area contributed by atoms with Crippen molar-refractivity contribution in [1.29, 1.82) is 0 Å². The van der Waals surface area contributed by atoms with E-state index in [1.54, 1.807) is 17.6 Å². The van der Waals surface area contributed by atoms with Gasteiger partial charge in [0, 0.05) is 12.1 Å². The van der Waals surface area contributed by atoms with Crippen LogP contribution in [0.2, 0.25) is 0 Å². The molecule has 0 heterocycles. The van der Waals surface area contributed by atoms with Gasteiger partial charge in [-0.3, -0.25) is 10.0 Å². The van der Waals surface area contributed by atoms with Crippen molar-refractivity contribution in [1.82, 2.24) is 10.8 Å². The summed E-state index contributed by atoms with van der Waals surface area (Å²) in [6.07, 6.45) is 10.2. The van der Waals surface area contributed by atoms with Crippen molar-refractivity contribution in [3.05, 3.63) is 35.4 Å². The van der Waals surface area contributed by atoms with Gasteiger partial charge in [0.25, 0.3) is 5.91 Å². The third kappa shape index (κ3) is 3.41. The molecule has 0 aromatic heterocycles. The predicted octanol–water partition coefficient (Wildman–Crippen LogP) is 4.14. The highest BCUT2D eigenvalue weighted by Gasteiger charge is 2.53. The fourth-order valence-corrected chi connectivity index (χ4v) is 6.70. The number of hydrogen-bond acceptors (Lipinski definition) is 3. The second kappa shape index (κ2) is 7.32. The average Bonchev–Trinajstić information content (AvgIpc) is 2.64. The minimum Gasteiger partial charge on any atom is -0.312 e. The maximum atomic E-state index is 11.4. The van der Waals surface area contributed by atoms with Gasteiger partial charge in [-0.25, -0.2) is 5.48 Å². The zero-order valence-electron chi connectivity index (χ0n) is 15.8. The lowest BCUT2D eigenvalue weighted by Gasteiger charge is -2.59. The number of amides is 1. The molecule has 1 amide bonds. The summed E-state index contributed by atoms with van der Waals surface area (Å²) >= 11 is 0. The van der Waals surface area contributed by atoms with Gasteiger partial charge in [0.15, 0.2) is 0 Å². The van der Waals surface area contributed by atoms with Gasteiger partial charge in [-0.05, 0) is 91.9 Å². The minimum atomic E-state index is -0.461. The summed E-state index contributed by atoms with van der Waals surface area (Å²) in [5.74, 6) is 3.37. The number of nitrogens with one attached hydrogen (secondary N) is 2. The molecule has 142 valence electrons. The third-order valence-corrected chi connectivity index (χ3v) is 7.48. The van der Waals surface area contributed by atoms with Crippen molar-refractivity contribution in [2.75, 3.05) is 6.54 Å². The number of carbonyl (C=O) groups is 1. The zero-order valence-corrected chi connectivity index (χ0v) is 15.8. The van der Waals surface area contributed by atoms with E-state index >= 15 is 0 Å². The lowest BCUT2D eigenvalue weighted by molar-refractivity contribution is -0.0875. The highest BCUT2D eigenvalue weighted by molar-refractivity contribution is 5.93. The lowest BCUT2D eigenvalue weighted by Crippen LogP contribution is -2.51. The molecule has 4 aliphatic carbocycles. The van der Waals surface area contributed by atoms with Crippen LogP contribution in [-0.4, -0.2) is 17.7 Å². The van der Waals surface area contributed by atoms with Crippen LogP contribution in [-0.2, 0) is 6.54 Å². The van der Waals surface area contributed by atoms with Gasteiger partial charge in [0.05, 0.1) is 0 Å². The molecule has 1 atom stereocenters. The first-order valence-electron chi connectivity index (χ1n) is 10.4. The third-order valence-electron chi connectivity index (χ3n) is 7.48. The van der Waals surface area contributed by atoms with Crippen molar-refractivity contribution >= 4 is 5.91 Å². The Kier molecular flexibility index (Phi) is 5.07. The maximum Gasteiger partial charge on any atom is 0.274 e. The number of carbonyl (C=O) groups excluding carboxylic acids is 1. The summed E-state index contributed by atoms with van der Waals surface area (Å²) in [5, 5.41) is 12.4. The molecule has 4 heteroatoms. The van der Waals surface area contributed by atoms with Gasteiger partial charge in [0.1, 0.15) is 0 Å². The Morgan fingerprint density at radius 3 is 2.19 bits per heavy atom. The second-order valence-electron chi connectivity index (χ2n) is 9.15. The Hall–Kier alpha value is -1.39. The van der Waals surface area contributed by atoms with E-state index in [4.69, 9.17) is 5.21 Å². The zero-order chi connectivity index (χ0) is 18.1. The smallest absolute Gasteiger partial charge is 0.274 e. The van der Waals surface area contributed by atoms with Gasteiger partial charge in [-0.15, -0.1) is 0 Å².